The fraction of sp³-hybridized carbons (Fsp3) is 0.235. The van der Waals surface area contributed by atoms with E-state index in [1.54, 1.807) is 0 Å². The average Bonchev–Trinajstić information content (AvgIpc) is 2.95. The Hall–Kier alpha value is -3.15. The second-order valence-electron chi connectivity index (χ2n) is 10.0. The third-order valence-corrected chi connectivity index (χ3v) is 7.54. The van der Waals surface area contributed by atoms with Gasteiger partial charge in [-0.1, -0.05) is 40.2 Å². The maximum atomic E-state index is 8.74. The zero-order chi connectivity index (χ0) is 27.8. The zero-order valence-electron chi connectivity index (χ0n) is 23.6. The van der Waals surface area contributed by atoms with Crippen LogP contribution in [0.2, 0.25) is 0 Å². The number of hydrogen-bond acceptors (Lipinski definition) is 3. The van der Waals surface area contributed by atoms with E-state index in [1.165, 1.54) is 28.1 Å². The first-order valence-electron chi connectivity index (χ1n) is 13.3. The van der Waals surface area contributed by atoms with Gasteiger partial charge in [0.1, 0.15) is 7.05 Å². The lowest BCUT2D eigenvalue weighted by Crippen LogP contribution is -3.00. The molecule has 1 heterocycles. The summed E-state index contributed by atoms with van der Waals surface area (Å²) in [6.07, 6.45) is 6.97. The first-order chi connectivity index (χ1) is 18.9. The van der Waals surface area contributed by atoms with E-state index in [-0.39, 0.29) is 24.0 Å². The summed E-state index contributed by atoms with van der Waals surface area (Å²) < 4.78 is 3.32. The van der Waals surface area contributed by atoms with Crippen LogP contribution in [-0.2, 0) is 7.05 Å². The number of benzene rings is 3. The van der Waals surface area contributed by atoms with Crippen molar-refractivity contribution in [3.05, 3.63) is 101 Å². The number of pyridine rings is 1. The summed E-state index contributed by atoms with van der Waals surface area (Å²) in [7, 11) is 8.36. The van der Waals surface area contributed by atoms with Gasteiger partial charge < -0.3 is 33.8 Å². The first-order valence-corrected chi connectivity index (χ1v) is 14.1. The molecule has 0 bridgehead atoms. The fourth-order valence-electron chi connectivity index (χ4n) is 4.56. The van der Waals surface area contributed by atoms with Crippen molar-refractivity contribution in [3.8, 4) is 28.5 Å². The Kier molecular flexibility index (Phi) is 11.8. The van der Waals surface area contributed by atoms with Crippen LogP contribution in [0.4, 0.5) is 11.4 Å². The topological polar surface area (TPSA) is 34.1 Å². The smallest absolute Gasteiger partial charge is 0.213 e. The van der Waals surface area contributed by atoms with Crippen LogP contribution in [0.15, 0.2) is 89.4 Å². The number of unbranched alkanes of at least 4 members (excludes halogenated alkanes) is 2. The summed E-state index contributed by atoms with van der Waals surface area (Å²) in [6.45, 7) is 0.952. The molecule has 0 saturated heterocycles. The SMILES string of the molecule is CN(C)c1ccc(-c2cc(/C=C/c3ccc(N(C)CCCCC#N)cc3)[n+](C)c(-c3ccc(Br)cc3)c2)cc1.[I-]. The Morgan fingerprint density at radius 2 is 1.40 bits per heavy atom. The largest absolute Gasteiger partial charge is 1.00 e. The third-order valence-electron chi connectivity index (χ3n) is 7.01. The highest BCUT2D eigenvalue weighted by Gasteiger charge is 2.17. The van der Waals surface area contributed by atoms with Gasteiger partial charge in [0.05, 0.1) is 6.07 Å². The molecule has 0 aliphatic rings. The summed E-state index contributed by atoms with van der Waals surface area (Å²) >= 11 is 3.57. The molecule has 4 rings (SSSR count). The van der Waals surface area contributed by atoms with Crippen LogP contribution in [-0.4, -0.2) is 27.7 Å². The molecule has 4 nitrogen and oxygen atoms in total. The Balaban J connectivity index is 0.00000441. The van der Waals surface area contributed by atoms with Crippen LogP contribution < -0.4 is 38.3 Å². The molecular weight excluding hydrogens is 671 g/mol. The maximum absolute atomic E-state index is 8.74. The van der Waals surface area contributed by atoms with Crippen molar-refractivity contribution >= 4 is 39.5 Å². The highest BCUT2D eigenvalue weighted by atomic mass is 127. The van der Waals surface area contributed by atoms with Crippen LogP contribution in [0.5, 0.6) is 0 Å². The van der Waals surface area contributed by atoms with Crippen molar-refractivity contribution in [1.82, 2.24) is 0 Å². The fourth-order valence-corrected chi connectivity index (χ4v) is 4.83. The minimum Gasteiger partial charge on any atom is -1.00 e. The van der Waals surface area contributed by atoms with E-state index in [4.69, 9.17) is 5.26 Å². The molecule has 206 valence electrons. The van der Waals surface area contributed by atoms with E-state index in [0.717, 1.165) is 40.8 Å². The number of aromatic nitrogens is 1. The second-order valence-corrected chi connectivity index (χ2v) is 10.9. The molecule has 0 aliphatic carbocycles. The van der Waals surface area contributed by atoms with Gasteiger partial charge in [0, 0.05) is 73.7 Å². The maximum Gasteiger partial charge on any atom is 0.213 e. The lowest BCUT2D eigenvalue weighted by atomic mass is 10.0. The van der Waals surface area contributed by atoms with E-state index in [0.29, 0.717) is 6.42 Å². The van der Waals surface area contributed by atoms with Crippen molar-refractivity contribution in [3.63, 3.8) is 0 Å². The van der Waals surface area contributed by atoms with Crippen molar-refractivity contribution in [2.45, 2.75) is 19.3 Å². The van der Waals surface area contributed by atoms with Gasteiger partial charge in [0.25, 0.3) is 0 Å². The zero-order valence-corrected chi connectivity index (χ0v) is 27.4. The molecule has 6 heteroatoms. The third kappa shape index (κ3) is 8.18. The lowest BCUT2D eigenvalue weighted by molar-refractivity contribution is -0.662. The number of rotatable bonds is 10. The van der Waals surface area contributed by atoms with Gasteiger partial charge in [-0.15, -0.1) is 0 Å². The normalized spacial score (nSPS) is 10.7. The Morgan fingerprint density at radius 1 is 0.775 bits per heavy atom. The van der Waals surface area contributed by atoms with Gasteiger partial charge in [-0.2, -0.15) is 9.83 Å². The molecule has 0 unspecified atom stereocenters. The van der Waals surface area contributed by atoms with Gasteiger partial charge in [-0.05, 0) is 84.1 Å². The molecule has 0 aliphatic heterocycles. The summed E-state index contributed by atoms with van der Waals surface area (Å²) in [6, 6.07) is 32.6. The van der Waals surface area contributed by atoms with E-state index in [1.807, 2.05) is 0 Å². The van der Waals surface area contributed by atoms with Gasteiger partial charge in [0.2, 0.25) is 11.4 Å². The van der Waals surface area contributed by atoms with Crippen LogP contribution in [0.25, 0.3) is 34.5 Å². The monoisotopic (exact) mass is 706 g/mol. The minimum atomic E-state index is 0. The van der Waals surface area contributed by atoms with E-state index in [2.05, 4.69) is 162 Å². The molecule has 4 aromatic rings. The molecule has 0 spiro atoms. The molecule has 0 amide bonds. The number of nitriles is 1. The van der Waals surface area contributed by atoms with Crippen LogP contribution in [0.1, 0.15) is 30.5 Å². The molecular formula is C34H36BrIN4. The Morgan fingerprint density at radius 3 is 2.02 bits per heavy atom. The molecule has 0 fully saturated rings. The number of halogens is 2. The summed E-state index contributed by atoms with van der Waals surface area (Å²) in [4.78, 5) is 4.37. The Bertz CT molecular complexity index is 1450. The summed E-state index contributed by atoms with van der Waals surface area (Å²) in [5, 5.41) is 8.74. The van der Waals surface area contributed by atoms with E-state index in [9.17, 15) is 0 Å². The number of anilines is 2. The lowest BCUT2D eigenvalue weighted by Gasteiger charge is -2.19. The van der Waals surface area contributed by atoms with Crippen molar-refractivity contribution in [2.24, 2.45) is 7.05 Å². The molecule has 0 N–H and O–H groups in total. The molecule has 3 aromatic carbocycles. The molecule has 1 aromatic heterocycles. The van der Waals surface area contributed by atoms with E-state index < -0.39 is 0 Å². The minimum absolute atomic E-state index is 0. The predicted octanol–water partition coefficient (Wildman–Crippen LogP) is 4.98. The molecule has 40 heavy (non-hydrogen) atoms. The number of hydrogen-bond donors (Lipinski definition) is 0. The predicted molar refractivity (Wildman–Crippen MR) is 169 cm³/mol. The number of nitrogens with zero attached hydrogens (tertiary/aromatic N) is 4. The van der Waals surface area contributed by atoms with Crippen LogP contribution >= 0.6 is 15.9 Å². The molecule has 0 atom stereocenters. The van der Waals surface area contributed by atoms with Crippen molar-refractivity contribution in [1.29, 1.82) is 5.26 Å². The van der Waals surface area contributed by atoms with Crippen molar-refractivity contribution < 1.29 is 28.5 Å². The highest BCUT2D eigenvalue weighted by molar-refractivity contribution is 9.10. The molecule has 0 radical (unpaired) electrons. The summed E-state index contributed by atoms with van der Waals surface area (Å²) in [5.74, 6) is 0. The van der Waals surface area contributed by atoms with Crippen LogP contribution in [0, 0.1) is 11.3 Å². The first kappa shape index (κ1) is 31.4. The van der Waals surface area contributed by atoms with Gasteiger partial charge in [-0.3, -0.25) is 0 Å². The second kappa shape index (κ2) is 15.0. The van der Waals surface area contributed by atoms with E-state index >= 15 is 0 Å². The summed E-state index contributed by atoms with van der Waals surface area (Å²) in [5.41, 5.74) is 9.36. The van der Waals surface area contributed by atoms with Gasteiger partial charge in [-0.25, -0.2) is 0 Å². The molecule has 0 saturated carbocycles. The average molecular weight is 707 g/mol. The standard InChI is InChI=1S/C34H36BrN4.HI/c1-37(2)31-20-13-27(14-21-31)29-24-33(39(4)34(25-29)28-11-15-30(35)16-12-28)19-10-26-8-17-32(18-9-26)38(3)23-7-5-6-22-36;/h8-21,24-25H,5-7,23H2,1-4H3;1H/q+1;/p-1. The van der Waals surface area contributed by atoms with Crippen LogP contribution in [0.3, 0.4) is 0 Å². The quantitative estimate of drug-likeness (QED) is 0.133. The van der Waals surface area contributed by atoms with Crippen molar-refractivity contribution in [2.75, 3.05) is 37.5 Å². The Labute approximate surface area is 264 Å². The highest BCUT2D eigenvalue weighted by Crippen LogP contribution is 2.28. The van der Waals surface area contributed by atoms with Gasteiger partial charge >= 0.3 is 0 Å². The van der Waals surface area contributed by atoms with Gasteiger partial charge in [0.15, 0.2) is 0 Å².